The summed E-state index contributed by atoms with van der Waals surface area (Å²) in [5.74, 6) is 1.53. The van der Waals surface area contributed by atoms with Crippen molar-refractivity contribution in [2.75, 3.05) is 31.6 Å². The van der Waals surface area contributed by atoms with Crippen molar-refractivity contribution < 1.29 is 14.3 Å². The molecule has 1 aromatic carbocycles. The molecule has 2 heterocycles. The SMILES string of the molecule is CN=C(c1cc(C)c(C)nc1N(C=O)c1ccccc1C(C)C)N1CCN(C(=O)OC(C)(C)C)CC1C. The van der Waals surface area contributed by atoms with Gasteiger partial charge in [0, 0.05) is 38.4 Å². The molecule has 8 nitrogen and oxygen atoms in total. The zero-order valence-electron chi connectivity index (χ0n) is 23.7. The fraction of sp³-hybridized carbons (Fsp3) is 0.517. The fourth-order valence-corrected chi connectivity index (χ4v) is 4.63. The van der Waals surface area contributed by atoms with Crippen molar-refractivity contribution in [3.8, 4) is 0 Å². The predicted octanol–water partition coefficient (Wildman–Crippen LogP) is 5.43. The Morgan fingerprint density at radius 3 is 2.46 bits per heavy atom. The van der Waals surface area contributed by atoms with Crippen LogP contribution in [0, 0.1) is 13.8 Å². The summed E-state index contributed by atoms with van der Waals surface area (Å²) < 4.78 is 5.59. The predicted molar refractivity (Wildman–Crippen MR) is 149 cm³/mol. The molecule has 1 fully saturated rings. The highest BCUT2D eigenvalue weighted by Crippen LogP contribution is 2.34. The molecular formula is C29H41N5O3. The third kappa shape index (κ3) is 6.29. The molecule has 1 unspecified atom stereocenters. The van der Waals surface area contributed by atoms with Gasteiger partial charge < -0.3 is 14.5 Å². The molecule has 1 aliphatic heterocycles. The van der Waals surface area contributed by atoms with E-state index >= 15 is 0 Å². The van der Waals surface area contributed by atoms with Gasteiger partial charge in [-0.05, 0) is 70.7 Å². The van der Waals surface area contributed by atoms with Crippen LogP contribution in [0.5, 0.6) is 0 Å². The van der Waals surface area contributed by atoms with Gasteiger partial charge in [0.05, 0.1) is 11.3 Å². The average molecular weight is 508 g/mol. The number of rotatable bonds is 5. The van der Waals surface area contributed by atoms with Gasteiger partial charge in [0.25, 0.3) is 0 Å². The number of amidine groups is 1. The Morgan fingerprint density at radius 2 is 1.89 bits per heavy atom. The summed E-state index contributed by atoms with van der Waals surface area (Å²) in [6.07, 6.45) is 0.527. The Kier molecular flexibility index (Phi) is 8.61. The number of nitrogens with zero attached hydrogens (tertiary/aromatic N) is 5. The Balaban J connectivity index is 2.02. The molecule has 3 rings (SSSR count). The van der Waals surface area contributed by atoms with Crippen molar-refractivity contribution in [1.29, 1.82) is 0 Å². The summed E-state index contributed by atoms with van der Waals surface area (Å²) in [6, 6.07) is 9.97. The van der Waals surface area contributed by atoms with E-state index in [0.717, 1.165) is 40.3 Å². The van der Waals surface area contributed by atoms with E-state index in [2.05, 4.69) is 36.7 Å². The number of ether oxygens (including phenoxy) is 1. The van der Waals surface area contributed by atoms with E-state index < -0.39 is 5.60 Å². The molecule has 2 amide bonds. The second-order valence-corrected chi connectivity index (χ2v) is 11.0. The van der Waals surface area contributed by atoms with Gasteiger partial charge in [-0.1, -0.05) is 32.0 Å². The largest absolute Gasteiger partial charge is 0.444 e. The monoisotopic (exact) mass is 507 g/mol. The number of carbonyl (C=O) groups is 2. The number of aryl methyl sites for hydroxylation is 2. The molecule has 8 heteroatoms. The first-order valence-corrected chi connectivity index (χ1v) is 12.9. The van der Waals surface area contributed by atoms with Gasteiger partial charge in [-0.25, -0.2) is 9.78 Å². The standard InChI is InChI=1S/C29H41N5O3/c1-19(2)23-12-10-11-13-25(23)34(18-35)27-24(16-20(3)22(5)31-27)26(30-9)33-15-14-32(17-21(33)4)28(36)37-29(6,7)8/h10-13,16,18-19,21H,14-15,17H2,1-9H3. The molecule has 1 aromatic heterocycles. The molecule has 37 heavy (non-hydrogen) atoms. The number of hydrogen-bond donors (Lipinski definition) is 0. The normalized spacial score (nSPS) is 16.7. The Hall–Kier alpha value is -3.42. The van der Waals surface area contributed by atoms with Crippen LogP contribution in [0.3, 0.4) is 0 Å². The Labute approximate surface area is 221 Å². The number of pyridine rings is 1. The Morgan fingerprint density at radius 1 is 1.22 bits per heavy atom. The lowest BCUT2D eigenvalue weighted by atomic mass is 10.00. The number of benzene rings is 1. The number of piperazine rings is 1. The summed E-state index contributed by atoms with van der Waals surface area (Å²) in [7, 11) is 1.76. The molecule has 0 N–H and O–H groups in total. The van der Waals surface area contributed by atoms with Crippen LogP contribution < -0.4 is 4.90 Å². The van der Waals surface area contributed by atoms with Crippen LogP contribution in [-0.4, -0.2) is 71.4 Å². The first-order chi connectivity index (χ1) is 17.4. The van der Waals surface area contributed by atoms with Crippen LogP contribution in [0.15, 0.2) is 35.3 Å². The van der Waals surface area contributed by atoms with Crippen molar-refractivity contribution in [2.24, 2.45) is 4.99 Å². The van der Waals surface area contributed by atoms with Crippen molar-refractivity contribution in [3.63, 3.8) is 0 Å². The van der Waals surface area contributed by atoms with E-state index in [9.17, 15) is 9.59 Å². The number of aromatic nitrogens is 1. The van der Waals surface area contributed by atoms with Crippen molar-refractivity contribution in [3.05, 3.63) is 52.7 Å². The Bertz CT molecular complexity index is 1170. The van der Waals surface area contributed by atoms with Gasteiger partial charge in [0.2, 0.25) is 6.41 Å². The highest BCUT2D eigenvalue weighted by molar-refractivity contribution is 6.06. The third-order valence-electron chi connectivity index (χ3n) is 6.60. The van der Waals surface area contributed by atoms with Crippen molar-refractivity contribution >= 4 is 29.8 Å². The van der Waals surface area contributed by atoms with Gasteiger partial charge >= 0.3 is 6.09 Å². The zero-order chi connectivity index (χ0) is 27.5. The molecule has 0 saturated carbocycles. The lowest BCUT2D eigenvalue weighted by Crippen LogP contribution is -2.56. The second-order valence-electron chi connectivity index (χ2n) is 11.0. The molecule has 0 spiro atoms. The molecule has 200 valence electrons. The number of carbonyl (C=O) groups excluding carboxylic acids is 2. The lowest BCUT2D eigenvalue weighted by molar-refractivity contribution is -0.106. The molecule has 1 aliphatic rings. The van der Waals surface area contributed by atoms with Crippen LogP contribution in [0.25, 0.3) is 0 Å². The van der Waals surface area contributed by atoms with Gasteiger partial charge in [-0.2, -0.15) is 0 Å². The van der Waals surface area contributed by atoms with Gasteiger partial charge in [0.1, 0.15) is 11.4 Å². The van der Waals surface area contributed by atoms with Crippen LogP contribution in [0.1, 0.15) is 69.8 Å². The summed E-state index contributed by atoms with van der Waals surface area (Å²) in [4.78, 5) is 40.4. The average Bonchev–Trinajstić information content (AvgIpc) is 2.82. The van der Waals surface area contributed by atoms with Crippen molar-refractivity contribution in [1.82, 2.24) is 14.8 Å². The smallest absolute Gasteiger partial charge is 0.410 e. The van der Waals surface area contributed by atoms with E-state index in [4.69, 9.17) is 9.72 Å². The quantitative estimate of drug-likeness (QED) is 0.306. The highest BCUT2D eigenvalue weighted by atomic mass is 16.6. The van der Waals surface area contributed by atoms with Crippen molar-refractivity contribution in [2.45, 2.75) is 73.0 Å². The van der Waals surface area contributed by atoms with E-state index in [0.29, 0.717) is 25.5 Å². The second kappa shape index (κ2) is 11.3. The molecule has 0 aliphatic carbocycles. The first kappa shape index (κ1) is 28.2. The van der Waals surface area contributed by atoms with Gasteiger partial charge in [-0.15, -0.1) is 0 Å². The van der Waals surface area contributed by atoms with Crippen LogP contribution in [0.2, 0.25) is 0 Å². The van der Waals surface area contributed by atoms with Crippen LogP contribution in [-0.2, 0) is 9.53 Å². The number of aliphatic imine (C=N–C) groups is 1. The fourth-order valence-electron chi connectivity index (χ4n) is 4.63. The maximum Gasteiger partial charge on any atom is 0.410 e. The minimum absolute atomic E-state index is 0.0120. The highest BCUT2D eigenvalue weighted by Gasteiger charge is 2.33. The summed E-state index contributed by atoms with van der Waals surface area (Å²) in [6.45, 7) is 17.5. The summed E-state index contributed by atoms with van der Waals surface area (Å²) in [5.41, 5.74) is 3.98. The molecule has 1 saturated heterocycles. The number of amides is 2. The lowest BCUT2D eigenvalue weighted by Gasteiger charge is -2.42. The van der Waals surface area contributed by atoms with Gasteiger partial charge in [0.15, 0.2) is 5.82 Å². The molecular weight excluding hydrogens is 466 g/mol. The van der Waals surface area contributed by atoms with Crippen LogP contribution >= 0.6 is 0 Å². The maximum absolute atomic E-state index is 12.7. The van der Waals surface area contributed by atoms with Crippen LogP contribution in [0.4, 0.5) is 16.3 Å². The number of para-hydroxylation sites is 1. The molecule has 0 radical (unpaired) electrons. The maximum atomic E-state index is 12.7. The minimum Gasteiger partial charge on any atom is -0.444 e. The third-order valence-corrected chi connectivity index (χ3v) is 6.60. The van der Waals surface area contributed by atoms with E-state index in [-0.39, 0.29) is 18.1 Å². The first-order valence-electron chi connectivity index (χ1n) is 12.9. The summed E-state index contributed by atoms with van der Waals surface area (Å²) in [5, 5.41) is 0. The number of anilines is 2. The topological polar surface area (TPSA) is 78.3 Å². The summed E-state index contributed by atoms with van der Waals surface area (Å²) >= 11 is 0. The molecule has 2 aromatic rings. The molecule has 1 atom stereocenters. The number of hydrogen-bond acceptors (Lipinski definition) is 5. The van der Waals surface area contributed by atoms with E-state index in [1.807, 2.05) is 58.9 Å². The van der Waals surface area contributed by atoms with Gasteiger partial charge in [-0.3, -0.25) is 14.7 Å². The van der Waals surface area contributed by atoms with E-state index in [1.54, 1.807) is 16.8 Å². The van der Waals surface area contributed by atoms with E-state index in [1.165, 1.54) is 0 Å². The zero-order valence-corrected chi connectivity index (χ0v) is 23.7. The molecule has 0 bridgehead atoms. The minimum atomic E-state index is -0.544.